The number of nitrogens with one attached hydrogen (secondary N) is 2. The molecule has 3 rings (SSSR count). The van der Waals surface area contributed by atoms with E-state index in [9.17, 15) is 9.59 Å². The summed E-state index contributed by atoms with van der Waals surface area (Å²) in [5.41, 5.74) is 1.42. The van der Waals surface area contributed by atoms with Crippen LogP contribution in [0.2, 0.25) is 5.02 Å². The van der Waals surface area contributed by atoms with Crippen LogP contribution < -0.4 is 20.1 Å². The summed E-state index contributed by atoms with van der Waals surface area (Å²) < 4.78 is 12.4. The first-order valence-electron chi connectivity index (χ1n) is 10.7. The van der Waals surface area contributed by atoms with E-state index in [0.29, 0.717) is 39.7 Å². The van der Waals surface area contributed by atoms with Crippen LogP contribution in [0.25, 0.3) is 6.08 Å². The van der Waals surface area contributed by atoms with Crippen molar-refractivity contribution in [3.05, 3.63) is 65.0 Å². The van der Waals surface area contributed by atoms with E-state index in [-0.39, 0.29) is 24.1 Å². The molecule has 1 heterocycles. The Labute approximate surface area is 212 Å². The van der Waals surface area contributed by atoms with Crippen LogP contribution in [0.15, 0.2) is 53.7 Å². The number of hydrogen-bond donors (Lipinski definition) is 2. The molecule has 0 radical (unpaired) electrons. The summed E-state index contributed by atoms with van der Waals surface area (Å²) in [6.45, 7) is 2.74. The maximum Gasteiger partial charge on any atom is 0.244 e. The van der Waals surface area contributed by atoms with E-state index in [1.807, 2.05) is 17.6 Å². The number of carbonyl (C=O) groups excluding carboxylic acids is 2. The van der Waals surface area contributed by atoms with Gasteiger partial charge >= 0.3 is 0 Å². The number of halogens is 1. The van der Waals surface area contributed by atoms with Gasteiger partial charge in [0.25, 0.3) is 0 Å². The summed E-state index contributed by atoms with van der Waals surface area (Å²) in [4.78, 5) is 24.6. The molecule has 2 amide bonds. The second kappa shape index (κ2) is 12.8. The van der Waals surface area contributed by atoms with E-state index in [1.54, 1.807) is 56.7 Å². The molecule has 0 bridgehead atoms. The number of hydrogen-bond acceptors (Lipinski definition) is 7. The first kappa shape index (κ1) is 26.1. The molecule has 0 atom stereocenters. The predicted molar refractivity (Wildman–Crippen MR) is 137 cm³/mol. The molecule has 3 aromatic rings. The number of amides is 2. The molecule has 0 aliphatic carbocycles. The third-order valence-electron chi connectivity index (χ3n) is 4.81. The summed E-state index contributed by atoms with van der Waals surface area (Å²) >= 11 is 7.22. The molecule has 9 nitrogen and oxygen atoms in total. The number of anilines is 1. The Bertz CT molecular complexity index is 1210. The molecule has 0 saturated heterocycles. The zero-order valence-corrected chi connectivity index (χ0v) is 21.2. The van der Waals surface area contributed by atoms with Gasteiger partial charge in [0.2, 0.25) is 11.8 Å². The van der Waals surface area contributed by atoms with Crippen LogP contribution in [0.5, 0.6) is 11.5 Å². The van der Waals surface area contributed by atoms with Crippen LogP contribution in [0.1, 0.15) is 18.3 Å². The molecule has 11 heteroatoms. The number of nitrogens with zero attached hydrogens (tertiary/aromatic N) is 3. The van der Waals surface area contributed by atoms with Gasteiger partial charge in [-0.2, -0.15) is 0 Å². The number of aromatic nitrogens is 3. The number of thioether (sulfide) groups is 1. The minimum absolute atomic E-state index is 0.158. The van der Waals surface area contributed by atoms with Crippen molar-refractivity contribution in [3.8, 4) is 11.5 Å². The van der Waals surface area contributed by atoms with Gasteiger partial charge in [0.1, 0.15) is 0 Å². The Morgan fingerprint density at radius 3 is 2.63 bits per heavy atom. The van der Waals surface area contributed by atoms with Gasteiger partial charge in [-0.05, 0) is 48.9 Å². The third-order valence-corrected chi connectivity index (χ3v) is 6.01. The van der Waals surface area contributed by atoms with Gasteiger partial charge in [0.15, 0.2) is 22.5 Å². The van der Waals surface area contributed by atoms with Crippen molar-refractivity contribution in [2.75, 3.05) is 25.3 Å². The van der Waals surface area contributed by atoms with E-state index in [1.165, 1.54) is 17.8 Å². The maximum atomic E-state index is 12.3. The molecule has 0 saturated carbocycles. The van der Waals surface area contributed by atoms with Crippen molar-refractivity contribution in [2.24, 2.45) is 0 Å². The fraction of sp³-hybridized carbons (Fsp3) is 0.250. The van der Waals surface area contributed by atoms with Crippen molar-refractivity contribution in [1.29, 1.82) is 0 Å². The van der Waals surface area contributed by atoms with Crippen LogP contribution in [0.4, 0.5) is 5.69 Å². The van der Waals surface area contributed by atoms with Gasteiger partial charge in [-0.3, -0.25) is 9.59 Å². The van der Waals surface area contributed by atoms with Crippen molar-refractivity contribution < 1.29 is 19.1 Å². The largest absolute Gasteiger partial charge is 0.493 e. The van der Waals surface area contributed by atoms with Crippen molar-refractivity contribution in [2.45, 2.75) is 25.2 Å². The van der Waals surface area contributed by atoms with Crippen molar-refractivity contribution >= 4 is 46.9 Å². The lowest BCUT2D eigenvalue weighted by Crippen LogP contribution is -2.22. The zero-order valence-electron chi connectivity index (χ0n) is 19.6. The molecular weight excluding hydrogens is 490 g/mol. The molecule has 0 aliphatic rings. The molecule has 2 N–H and O–H groups in total. The molecule has 0 aliphatic heterocycles. The molecule has 0 fully saturated rings. The lowest BCUT2D eigenvalue weighted by molar-refractivity contribution is -0.116. The lowest BCUT2D eigenvalue weighted by Gasteiger charge is -2.08. The van der Waals surface area contributed by atoms with Crippen LogP contribution in [-0.4, -0.2) is 46.6 Å². The highest BCUT2D eigenvalue weighted by Gasteiger charge is 2.14. The summed E-state index contributed by atoms with van der Waals surface area (Å²) in [5, 5.41) is 15.1. The Hall–Kier alpha value is -3.50. The van der Waals surface area contributed by atoms with Crippen LogP contribution >= 0.6 is 23.4 Å². The van der Waals surface area contributed by atoms with Crippen molar-refractivity contribution in [3.63, 3.8) is 0 Å². The average molecular weight is 516 g/mol. The fourth-order valence-corrected chi connectivity index (χ4v) is 4.13. The maximum absolute atomic E-state index is 12.3. The number of ether oxygens (including phenoxy) is 2. The molecule has 35 heavy (non-hydrogen) atoms. The molecule has 2 aromatic carbocycles. The molecule has 0 unspecified atom stereocenters. The topological polar surface area (TPSA) is 107 Å². The number of benzene rings is 2. The van der Waals surface area contributed by atoms with E-state index >= 15 is 0 Å². The number of carbonyl (C=O) groups is 2. The molecule has 0 spiro atoms. The Morgan fingerprint density at radius 2 is 1.91 bits per heavy atom. The quantitative estimate of drug-likeness (QED) is 0.293. The standard InChI is InChI=1S/C24H26ClN5O4S/c1-4-30-21(14-26-22(31)11-9-16-8-10-19(33-2)20(12-16)34-3)28-29-24(30)35-15-23(32)27-18-7-5-6-17(25)13-18/h5-13H,4,14-15H2,1-3H3,(H,26,31)(H,27,32). The second-order valence-corrected chi connectivity index (χ2v) is 8.53. The Morgan fingerprint density at radius 1 is 1.11 bits per heavy atom. The van der Waals surface area contributed by atoms with E-state index in [2.05, 4.69) is 20.8 Å². The van der Waals surface area contributed by atoms with Gasteiger partial charge < -0.3 is 24.7 Å². The predicted octanol–water partition coefficient (Wildman–Crippen LogP) is 4.03. The third kappa shape index (κ3) is 7.49. The highest BCUT2D eigenvalue weighted by molar-refractivity contribution is 7.99. The highest BCUT2D eigenvalue weighted by Crippen LogP contribution is 2.28. The number of rotatable bonds is 11. The highest BCUT2D eigenvalue weighted by atomic mass is 35.5. The zero-order chi connectivity index (χ0) is 25.2. The first-order chi connectivity index (χ1) is 16.9. The van der Waals surface area contributed by atoms with Gasteiger partial charge in [-0.1, -0.05) is 35.5 Å². The van der Waals surface area contributed by atoms with Gasteiger partial charge in [-0.15, -0.1) is 10.2 Å². The summed E-state index contributed by atoms with van der Waals surface area (Å²) in [7, 11) is 3.12. The summed E-state index contributed by atoms with van der Waals surface area (Å²) in [6, 6.07) is 12.3. The second-order valence-electron chi connectivity index (χ2n) is 7.16. The van der Waals surface area contributed by atoms with Gasteiger partial charge in [0.05, 0.1) is 26.5 Å². The number of methoxy groups -OCH3 is 2. The van der Waals surface area contributed by atoms with Crippen LogP contribution in [-0.2, 0) is 22.7 Å². The van der Waals surface area contributed by atoms with Crippen LogP contribution in [0.3, 0.4) is 0 Å². The molecule has 1 aromatic heterocycles. The lowest BCUT2D eigenvalue weighted by atomic mass is 10.2. The van der Waals surface area contributed by atoms with E-state index < -0.39 is 0 Å². The average Bonchev–Trinajstić information content (AvgIpc) is 3.26. The smallest absolute Gasteiger partial charge is 0.244 e. The van der Waals surface area contributed by atoms with Gasteiger partial charge in [-0.25, -0.2) is 0 Å². The minimum Gasteiger partial charge on any atom is -0.493 e. The fourth-order valence-electron chi connectivity index (χ4n) is 3.12. The normalized spacial score (nSPS) is 10.9. The minimum atomic E-state index is -0.277. The summed E-state index contributed by atoms with van der Waals surface area (Å²) in [5.74, 6) is 1.49. The Balaban J connectivity index is 1.53. The van der Waals surface area contributed by atoms with E-state index in [4.69, 9.17) is 21.1 Å². The molecular formula is C24H26ClN5O4S. The van der Waals surface area contributed by atoms with Gasteiger partial charge in [0, 0.05) is 23.3 Å². The van der Waals surface area contributed by atoms with E-state index in [0.717, 1.165) is 5.56 Å². The van der Waals surface area contributed by atoms with Crippen molar-refractivity contribution in [1.82, 2.24) is 20.1 Å². The summed E-state index contributed by atoms with van der Waals surface area (Å²) in [6.07, 6.45) is 3.12. The van der Waals surface area contributed by atoms with Crippen LogP contribution in [0, 0.1) is 0 Å². The SMILES string of the molecule is CCn1c(CNC(=O)C=Cc2ccc(OC)c(OC)c2)nnc1SCC(=O)Nc1cccc(Cl)c1. The first-order valence-corrected chi connectivity index (χ1v) is 12.1. The molecule has 184 valence electrons. The Kier molecular flexibility index (Phi) is 9.56. The monoisotopic (exact) mass is 515 g/mol.